The Morgan fingerprint density at radius 3 is 2.33 bits per heavy atom. The number of carbonyl (C=O) groups excluding carboxylic acids is 1. The summed E-state index contributed by atoms with van der Waals surface area (Å²) in [6, 6.07) is 9.59. The second-order valence-electron chi connectivity index (χ2n) is 5.90. The minimum absolute atomic E-state index is 0.103. The number of aromatic nitrogens is 2. The van der Waals surface area contributed by atoms with Crippen LogP contribution in [0.4, 0.5) is 21.5 Å². The molecule has 1 heterocycles. The fourth-order valence-corrected chi connectivity index (χ4v) is 3.34. The van der Waals surface area contributed by atoms with E-state index < -0.39 is 39.0 Å². The predicted octanol–water partition coefficient (Wildman–Crippen LogP) is 0.664. The molecule has 0 saturated carbocycles. The number of amides is 1. The molecule has 5 N–H and O–H groups in total. The number of H-pyrrole nitrogens is 2. The van der Waals surface area contributed by atoms with Crippen LogP contribution in [0.3, 0.4) is 0 Å². The number of carbonyl (C=O) groups is 1. The molecule has 13 heteroatoms. The first-order valence-electron chi connectivity index (χ1n) is 8.12. The highest BCUT2D eigenvalue weighted by Gasteiger charge is 2.26. The predicted molar refractivity (Wildman–Crippen MR) is 105 cm³/mol. The number of benzene rings is 2. The lowest BCUT2D eigenvalue weighted by molar-refractivity contribution is 0.0987. The summed E-state index contributed by atoms with van der Waals surface area (Å²) in [5.41, 5.74) is -2.83. The van der Waals surface area contributed by atoms with E-state index in [1.54, 1.807) is 0 Å². The third-order valence-electron chi connectivity index (χ3n) is 3.90. The van der Waals surface area contributed by atoms with Gasteiger partial charge in [-0.3, -0.25) is 19.1 Å². The molecular weight excluding hydrogens is 421 g/mol. The molecule has 0 spiro atoms. The molecule has 1 aromatic heterocycles. The van der Waals surface area contributed by atoms with Gasteiger partial charge in [-0.25, -0.2) is 24.3 Å². The summed E-state index contributed by atoms with van der Waals surface area (Å²) in [5.74, 6) is 4.46. The van der Waals surface area contributed by atoms with E-state index in [2.05, 4.69) is 4.98 Å². The summed E-state index contributed by atoms with van der Waals surface area (Å²) < 4.78 is 46.8. The average molecular weight is 435 g/mol. The summed E-state index contributed by atoms with van der Waals surface area (Å²) in [7, 11) is -5.03. The molecule has 3 rings (SSSR count). The quantitative estimate of drug-likeness (QED) is 0.197. The Morgan fingerprint density at radius 2 is 1.73 bits per heavy atom. The largest absolute Gasteiger partial charge is 0.364 e. The maximum Gasteiger partial charge on any atom is 0.364 e. The Balaban J connectivity index is 2.05. The highest BCUT2D eigenvalue weighted by Crippen LogP contribution is 2.26. The summed E-state index contributed by atoms with van der Waals surface area (Å²) in [6.07, 6.45) is 0.789. The van der Waals surface area contributed by atoms with Crippen molar-refractivity contribution in [1.82, 2.24) is 9.97 Å². The van der Waals surface area contributed by atoms with E-state index in [0.29, 0.717) is 5.01 Å². The minimum Gasteiger partial charge on any atom is -0.312 e. The van der Waals surface area contributed by atoms with Gasteiger partial charge < -0.3 is 4.98 Å². The molecule has 0 atom stereocenters. The van der Waals surface area contributed by atoms with E-state index >= 15 is 0 Å². The number of halogens is 1. The van der Waals surface area contributed by atoms with Crippen LogP contribution in [0, 0.1) is 5.82 Å². The second kappa shape index (κ2) is 7.90. The van der Waals surface area contributed by atoms with Gasteiger partial charge in [0.25, 0.3) is 11.5 Å². The van der Waals surface area contributed by atoms with Gasteiger partial charge >= 0.3 is 16.0 Å². The monoisotopic (exact) mass is 435 g/mol. The lowest BCUT2D eigenvalue weighted by Crippen LogP contribution is -2.37. The molecule has 0 fully saturated rings. The van der Waals surface area contributed by atoms with Crippen molar-refractivity contribution in [3.8, 4) is 0 Å². The highest BCUT2D eigenvalue weighted by atomic mass is 32.2. The molecule has 3 aromatic rings. The molecule has 0 unspecified atom stereocenters. The van der Waals surface area contributed by atoms with Gasteiger partial charge in [0.2, 0.25) is 0 Å². The van der Waals surface area contributed by atoms with Crippen molar-refractivity contribution in [2.45, 2.75) is 0 Å². The number of nitrogens with one attached hydrogen (secondary N) is 2. The van der Waals surface area contributed by atoms with Crippen molar-refractivity contribution >= 4 is 33.3 Å². The number of rotatable bonds is 5. The molecule has 30 heavy (non-hydrogen) atoms. The minimum atomic E-state index is -5.03. The molecule has 1 amide bonds. The Hall–Kier alpha value is -3.81. The fourth-order valence-electron chi connectivity index (χ4n) is 2.57. The Kier molecular flexibility index (Phi) is 5.51. The molecule has 2 aromatic carbocycles. The normalized spacial score (nSPS) is 11.2. The molecule has 156 valence electrons. The standard InChI is InChI=1S/C17H14FN5O6S/c18-11-4-6-12(7-5-11)22(19)16(25)10-2-1-3-13(8-10)23(30(27,28)29)14-9-20-17(26)21-15(14)24/h1-9H,19H2,(H,27,28,29)(H2,20,21,24,26). The van der Waals surface area contributed by atoms with Gasteiger partial charge in [0.1, 0.15) is 11.5 Å². The maximum absolute atomic E-state index is 13.1. The summed E-state index contributed by atoms with van der Waals surface area (Å²) in [5, 5.41) is 0.711. The summed E-state index contributed by atoms with van der Waals surface area (Å²) in [4.78, 5) is 39.8. The van der Waals surface area contributed by atoms with E-state index in [0.717, 1.165) is 24.4 Å². The van der Waals surface area contributed by atoms with Crippen molar-refractivity contribution in [3.63, 3.8) is 0 Å². The zero-order valence-electron chi connectivity index (χ0n) is 14.9. The van der Waals surface area contributed by atoms with Crippen LogP contribution in [0.2, 0.25) is 0 Å². The van der Waals surface area contributed by atoms with Crippen LogP contribution in [0.15, 0.2) is 64.3 Å². The van der Waals surface area contributed by atoms with Crippen molar-refractivity contribution in [2.75, 3.05) is 9.31 Å². The van der Waals surface area contributed by atoms with Crippen molar-refractivity contribution in [1.29, 1.82) is 0 Å². The van der Waals surface area contributed by atoms with E-state index in [1.807, 2.05) is 4.98 Å². The van der Waals surface area contributed by atoms with E-state index in [1.165, 1.54) is 30.3 Å². The third kappa shape index (κ3) is 4.27. The molecular formula is C17H14FN5O6S. The van der Waals surface area contributed by atoms with Crippen LogP contribution in [0.25, 0.3) is 0 Å². The molecule has 11 nitrogen and oxygen atoms in total. The number of nitrogens with two attached hydrogens (primary N) is 1. The lowest BCUT2D eigenvalue weighted by atomic mass is 10.1. The van der Waals surface area contributed by atoms with E-state index in [-0.39, 0.29) is 21.2 Å². The van der Waals surface area contributed by atoms with Gasteiger partial charge in [0, 0.05) is 11.8 Å². The van der Waals surface area contributed by atoms with Crippen LogP contribution in [-0.2, 0) is 10.3 Å². The van der Waals surface area contributed by atoms with Crippen LogP contribution in [0.1, 0.15) is 10.4 Å². The summed E-state index contributed by atoms with van der Waals surface area (Å²) in [6.45, 7) is 0. The van der Waals surface area contributed by atoms with Crippen molar-refractivity contribution in [3.05, 3.63) is 86.9 Å². The van der Waals surface area contributed by atoms with E-state index in [9.17, 15) is 31.7 Å². The number of anilines is 3. The van der Waals surface area contributed by atoms with Crippen molar-refractivity contribution in [2.24, 2.45) is 5.84 Å². The van der Waals surface area contributed by atoms with Gasteiger partial charge in [0.05, 0.1) is 11.4 Å². The van der Waals surface area contributed by atoms with Gasteiger partial charge in [0.15, 0.2) is 0 Å². The smallest absolute Gasteiger partial charge is 0.312 e. The van der Waals surface area contributed by atoms with Gasteiger partial charge in [-0.05, 0) is 42.5 Å². The Labute approximate surface area is 168 Å². The molecule has 0 saturated heterocycles. The zero-order valence-corrected chi connectivity index (χ0v) is 15.8. The van der Waals surface area contributed by atoms with E-state index in [4.69, 9.17) is 5.84 Å². The maximum atomic E-state index is 13.1. The van der Waals surface area contributed by atoms with Crippen LogP contribution in [0.5, 0.6) is 0 Å². The lowest BCUT2D eigenvalue weighted by Gasteiger charge is -2.21. The average Bonchev–Trinajstić information content (AvgIpc) is 2.69. The second-order valence-corrected chi connectivity index (χ2v) is 7.16. The Morgan fingerprint density at radius 1 is 1.07 bits per heavy atom. The Bertz CT molecular complexity index is 1320. The molecule has 0 radical (unpaired) electrons. The first-order chi connectivity index (χ1) is 14.1. The number of hydrogen-bond acceptors (Lipinski definition) is 6. The summed E-state index contributed by atoms with van der Waals surface area (Å²) >= 11 is 0. The topological polar surface area (TPSA) is 170 Å². The zero-order chi connectivity index (χ0) is 22.1. The fraction of sp³-hybridized carbons (Fsp3) is 0. The number of nitrogens with zero attached hydrogens (tertiary/aromatic N) is 2. The molecule has 0 aliphatic carbocycles. The van der Waals surface area contributed by atoms with Gasteiger partial charge in [-0.2, -0.15) is 8.42 Å². The SMILES string of the molecule is NN(C(=O)c1cccc(N(c2c[nH]c(=O)[nH]c2=O)S(=O)(=O)O)c1)c1ccc(F)cc1. The molecule has 0 aliphatic rings. The number of hydrogen-bond donors (Lipinski definition) is 4. The van der Waals surface area contributed by atoms with Crippen molar-refractivity contribution < 1.29 is 22.2 Å². The highest BCUT2D eigenvalue weighted by molar-refractivity contribution is 7.87. The van der Waals surface area contributed by atoms with Crippen LogP contribution >= 0.6 is 0 Å². The third-order valence-corrected chi connectivity index (χ3v) is 4.77. The van der Waals surface area contributed by atoms with Crippen LogP contribution in [-0.4, -0.2) is 28.8 Å². The number of aromatic amines is 2. The molecule has 0 aliphatic heterocycles. The molecule has 0 bridgehead atoms. The van der Waals surface area contributed by atoms with Gasteiger partial charge in [-0.15, -0.1) is 0 Å². The number of hydrazine groups is 1. The first kappa shape index (κ1) is 20.9. The van der Waals surface area contributed by atoms with Gasteiger partial charge in [-0.1, -0.05) is 6.07 Å². The van der Waals surface area contributed by atoms with Crippen LogP contribution < -0.4 is 26.4 Å². The first-order valence-corrected chi connectivity index (χ1v) is 9.52.